The maximum Gasteiger partial charge on any atom is 0.223 e. The third-order valence-electron chi connectivity index (χ3n) is 3.59. The number of aliphatic hydroxyl groups is 1. The number of carbonyl (C=O) groups excluding carboxylic acids is 1. The predicted molar refractivity (Wildman–Crippen MR) is 70.1 cm³/mol. The van der Waals surface area contributed by atoms with Gasteiger partial charge in [0.2, 0.25) is 5.91 Å². The van der Waals surface area contributed by atoms with Crippen molar-refractivity contribution in [2.75, 3.05) is 31.6 Å². The standard InChI is InChI=1S/C12H22N2O2S/c1-14(7-9-4-11(15)5-9)12(16)6-10-8-17-3-2-13-10/h9-11,13,15H,2-8H2,1H3. The second-order valence-electron chi connectivity index (χ2n) is 5.20. The highest BCUT2D eigenvalue weighted by atomic mass is 32.2. The van der Waals surface area contributed by atoms with E-state index in [4.69, 9.17) is 0 Å². The van der Waals surface area contributed by atoms with Crippen LogP contribution in [0.5, 0.6) is 0 Å². The van der Waals surface area contributed by atoms with Crippen LogP contribution in [0.15, 0.2) is 0 Å². The second kappa shape index (κ2) is 6.07. The average molecular weight is 258 g/mol. The monoisotopic (exact) mass is 258 g/mol. The molecule has 1 aliphatic heterocycles. The molecule has 0 radical (unpaired) electrons. The third-order valence-corrected chi connectivity index (χ3v) is 4.72. The molecular formula is C12H22N2O2S. The molecule has 0 bridgehead atoms. The summed E-state index contributed by atoms with van der Waals surface area (Å²) < 4.78 is 0. The molecule has 2 N–H and O–H groups in total. The highest BCUT2D eigenvalue weighted by molar-refractivity contribution is 7.99. The van der Waals surface area contributed by atoms with E-state index < -0.39 is 0 Å². The van der Waals surface area contributed by atoms with Crippen molar-refractivity contribution in [2.45, 2.75) is 31.4 Å². The van der Waals surface area contributed by atoms with Crippen molar-refractivity contribution >= 4 is 17.7 Å². The largest absolute Gasteiger partial charge is 0.393 e. The van der Waals surface area contributed by atoms with Crippen LogP contribution in [-0.4, -0.2) is 59.7 Å². The lowest BCUT2D eigenvalue weighted by Crippen LogP contribution is -2.44. The van der Waals surface area contributed by atoms with Crippen molar-refractivity contribution < 1.29 is 9.90 Å². The number of rotatable bonds is 4. The van der Waals surface area contributed by atoms with Gasteiger partial charge in [0, 0.05) is 44.1 Å². The molecule has 1 heterocycles. The fourth-order valence-corrected chi connectivity index (χ4v) is 3.41. The Kier molecular flexibility index (Phi) is 4.70. The minimum atomic E-state index is -0.125. The molecule has 1 unspecified atom stereocenters. The van der Waals surface area contributed by atoms with Gasteiger partial charge in [-0.15, -0.1) is 0 Å². The highest BCUT2D eigenvalue weighted by Gasteiger charge is 2.29. The number of nitrogens with zero attached hydrogens (tertiary/aromatic N) is 1. The first-order valence-corrected chi connectivity index (χ1v) is 7.53. The van der Waals surface area contributed by atoms with Crippen molar-refractivity contribution in [3.05, 3.63) is 0 Å². The molecule has 1 aliphatic carbocycles. The highest BCUT2D eigenvalue weighted by Crippen LogP contribution is 2.27. The number of amides is 1. The molecule has 1 amide bonds. The van der Waals surface area contributed by atoms with E-state index in [-0.39, 0.29) is 12.0 Å². The van der Waals surface area contributed by atoms with Gasteiger partial charge in [-0.2, -0.15) is 11.8 Å². The van der Waals surface area contributed by atoms with E-state index in [2.05, 4.69) is 5.32 Å². The molecule has 0 aromatic carbocycles. The van der Waals surface area contributed by atoms with Gasteiger partial charge in [0.05, 0.1) is 6.10 Å². The van der Waals surface area contributed by atoms with Gasteiger partial charge in [-0.1, -0.05) is 0 Å². The van der Waals surface area contributed by atoms with E-state index in [1.807, 2.05) is 23.7 Å². The Hall–Kier alpha value is -0.260. The first kappa shape index (κ1) is 13.2. The van der Waals surface area contributed by atoms with Crippen LogP contribution in [-0.2, 0) is 4.79 Å². The minimum Gasteiger partial charge on any atom is -0.393 e. The number of carbonyl (C=O) groups is 1. The second-order valence-corrected chi connectivity index (χ2v) is 6.35. The zero-order chi connectivity index (χ0) is 12.3. The maximum atomic E-state index is 12.0. The van der Waals surface area contributed by atoms with Crippen molar-refractivity contribution in [3.8, 4) is 0 Å². The SMILES string of the molecule is CN(CC1CC(O)C1)C(=O)CC1CSCCN1. The first-order chi connectivity index (χ1) is 8.15. The summed E-state index contributed by atoms with van der Waals surface area (Å²) in [6.07, 6.45) is 2.20. The van der Waals surface area contributed by atoms with Crippen LogP contribution >= 0.6 is 11.8 Å². The molecule has 0 spiro atoms. The summed E-state index contributed by atoms with van der Waals surface area (Å²) in [6.45, 7) is 1.82. The first-order valence-electron chi connectivity index (χ1n) is 6.38. The molecule has 1 saturated heterocycles. The van der Waals surface area contributed by atoms with E-state index in [0.717, 1.165) is 37.4 Å². The molecule has 98 valence electrons. The van der Waals surface area contributed by atoms with Crippen LogP contribution in [0.25, 0.3) is 0 Å². The summed E-state index contributed by atoms with van der Waals surface area (Å²) >= 11 is 1.92. The van der Waals surface area contributed by atoms with Gasteiger partial charge < -0.3 is 15.3 Å². The molecule has 4 nitrogen and oxygen atoms in total. The molecule has 0 aromatic heterocycles. The van der Waals surface area contributed by atoms with E-state index in [9.17, 15) is 9.90 Å². The van der Waals surface area contributed by atoms with Crippen LogP contribution in [0.4, 0.5) is 0 Å². The number of hydrogen-bond donors (Lipinski definition) is 2. The number of thioether (sulfide) groups is 1. The quantitative estimate of drug-likeness (QED) is 0.762. The molecule has 5 heteroatoms. The summed E-state index contributed by atoms with van der Waals surface area (Å²) in [7, 11) is 1.88. The number of hydrogen-bond acceptors (Lipinski definition) is 4. The molecule has 2 aliphatic rings. The molecule has 2 rings (SSSR count). The van der Waals surface area contributed by atoms with Crippen LogP contribution in [0.3, 0.4) is 0 Å². The van der Waals surface area contributed by atoms with Gasteiger partial charge >= 0.3 is 0 Å². The summed E-state index contributed by atoms with van der Waals surface area (Å²) in [6, 6.07) is 0.343. The van der Waals surface area contributed by atoms with Crippen LogP contribution in [0.2, 0.25) is 0 Å². The van der Waals surface area contributed by atoms with Crippen molar-refractivity contribution in [1.82, 2.24) is 10.2 Å². The molecule has 0 aromatic rings. The molecule has 1 atom stereocenters. The Morgan fingerprint density at radius 2 is 2.29 bits per heavy atom. The smallest absolute Gasteiger partial charge is 0.223 e. The third kappa shape index (κ3) is 3.86. The topological polar surface area (TPSA) is 52.6 Å². The van der Waals surface area contributed by atoms with Crippen LogP contribution in [0.1, 0.15) is 19.3 Å². The Balaban J connectivity index is 1.67. The Bertz CT molecular complexity index is 263. The van der Waals surface area contributed by atoms with Gasteiger partial charge in [0.1, 0.15) is 0 Å². The van der Waals surface area contributed by atoms with Gasteiger partial charge in [-0.25, -0.2) is 0 Å². The Labute approximate surface area is 107 Å². The van der Waals surface area contributed by atoms with E-state index in [0.29, 0.717) is 18.4 Å². The lowest BCUT2D eigenvalue weighted by molar-refractivity contribution is -0.131. The van der Waals surface area contributed by atoms with E-state index >= 15 is 0 Å². The van der Waals surface area contributed by atoms with Gasteiger partial charge in [-0.3, -0.25) is 4.79 Å². The van der Waals surface area contributed by atoms with Gasteiger partial charge in [0.15, 0.2) is 0 Å². The lowest BCUT2D eigenvalue weighted by Gasteiger charge is -2.35. The zero-order valence-electron chi connectivity index (χ0n) is 10.4. The number of nitrogens with one attached hydrogen (secondary N) is 1. The van der Waals surface area contributed by atoms with Crippen LogP contribution < -0.4 is 5.32 Å². The number of aliphatic hydroxyl groups excluding tert-OH is 1. The van der Waals surface area contributed by atoms with Gasteiger partial charge in [0.25, 0.3) is 0 Å². The summed E-state index contributed by atoms with van der Waals surface area (Å²) in [5.41, 5.74) is 0. The maximum absolute atomic E-state index is 12.0. The van der Waals surface area contributed by atoms with Crippen molar-refractivity contribution in [3.63, 3.8) is 0 Å². The average Bonchev–Trinajstić information content (AvgIpc) is 2.28. The lowest BCUT2D eigenvalue weighted by atomic mass is 9.82. The fraction of sp³-hybridized carbons (Fsp3) is 0.917. The normalized spacial score (nSPS) is 32.9. The Morgan fingerprint density at radius 1 is 1.53 bits per heavy atom. The van der Waals surface area contributed by atoms with Gasteiger partial charge in [-0.05, 0) is 18.8 Å². The zero-order valence-corrected chi connectivity index (χ0v) is 11.2. The van der Waals surface area contributed by atoms with Crippen molar-refractivity contribution in [1.29, 1.82) is 0 Å². The molecule has 17 heavy (non-hydrogen) atoms. The van der Waals surface area contributed by atoms with Crippen LogP contribution in [0, 0.1) is 5.92 Å². The molecular weight excluding hydrogens is 236 g/mol. The summed E-state index contributed by atoms with van der Waals surface area (Å²) in [4.78, 5) is 13.8. The fourth-order valence-electron chi connectivity index (χ4n) is 2.46. The predicted octanol–water partition coefficient (Wildman–Crippen LogP) is 0.311. The minimum absolute atomic E-state index is 0.125. The van der Waals surface area contributed by atoms with E-state index in [1.165, 1.54) is 0 Å². The van der Waals surface area contributed by atoms with Crippen molar-refractivity contribution in [2.24, 2.45) is 5.92 Å². The molecule has 2 fully saturated rings. The summed E-state index contributed by atoms with van der Waals surface area (Å²) in [5.74, 6) is 2.93. The van der Waals surface area contributed by atoms with E-state index in [1.54, 1.807) is 0 Å². The summed E-state index contributed by atoms with van der Waals surface area (Å²) in [5, 5.41) is 12.6. The Morgan fingerprint density at radius 3 is 2.88 bits per heavy atom. The molecule has 1 saturated carbocycles.